The number of ether oxygens (including phenoxy) is 1. The molecule has 0 aliphatic carbocycles. The van der Waals surface area contributed by atoms with Crippen LogP contribution in [0, 0.1) is 0 Å². The molecule has 0 saturated heterocycles. The molecule has 1 nitrogen and oxygen atoms in total. The lowest BCUT2D eigenvalue weighted by molar-refractivity contribution is 0.119. The second-order valence-electron chi connectivity index (χ2n) is 5.37. The van der Waals surface area contributed by atoms with E-state index in [9.17, 15) is 0 Å². The number of rotatable bonds is 9. The Balaban J connectivity index is 1.90. The third-order valence-electron chi connectivity index (χ3n) is 3.59. The van der Waals surface area contributed by atoms with Gasteiger partial charge in [-0.25, -0.2) is 0 Å². The summed E-state index contributed by atoms with van der Waals surface area (Å²) in [5.74, 6) is 0. The topological polar surface area (TPSA) is 9.23 Å². The number of unbranched alkanes of at least 4 members (excludes halogenated alkanes) is 1. The molecule has 1 heteroatoms. The van der Waals surface area contributed by atoms with Gasteiger partial charge in [0, 0.05) is 6.61 Å². The number of hydrogen-bond acceptors (Lipinski definition) is 1. The summed E-state index contributed by atoms with van der Waals surface area (Å²) in [6.07, 6.45) is 6.83. The second kappa shape index (κ2) is 9.01. The molecule has 0 bridgehead atoms. The molecule has 0 atom stereocenters. The van der Waals surface area contributed by atoms with E-state index in [1.165, 1.54) is 22.3 Å². The molecule has 0 saturated carbocycles. The van der Waals surface area contributed by atoms with Crippen LogP contribution in [0.15, 0.2) is 73.8 Å². The van der Waals surface area contributed by atoms with Crippen molar-refractivity contribution in [3.63, 3.8) is 0 Å². The molecule has 2 aromatic rings. The van der Waals surface area contributed by atoms with Gasteiger partial charge in [-0.1, -0.05) is 60.7 Å². The van der Waals surface area contributed by atoms with Crippen molar-refractivity contribution in [2.75, 3.05) is 6.61 Å². The standard InChI is InChI=1S/C21H24O/c1-3-5-6-16-22-17-19-10-14-21(15-11-19)20-12-8-18(7-4-2)9-13-20/h3-4,8-15H,1-2,5-7,16-17H2. The highest BCUT2D eigenvalue weighted by Crippen LogP contribution is 2.21. The van der Waals surface area contributed by atoms with Crippen molar-refractivity contribution in [3.8, 4) is 11.1 Å². The summed E-state index contributed by atoms with van der Waals surface area (Å²) in [6, 6.07) is 17.2. The van der Waals surface area contributed by atoms with Crippen LogP contribution in [0.4, 0.5) is 0 Å². The van der Waals surface area contributed by atoms with Crippen molar-refractivity contribution in [3.05, 3.63) is 85.0 Å². The van der Waals surface area contributed by atoms with Gasteiger partial charge in [0.05, 0.1) is 6.61 Å². The van der Waals surface area contributed by atoms with Crippen LogP contribution >= 0.6 is 0 Å². The lowest BCUT2D eigenvalue weighted by Gasteiger charge is -2.06. The maximum atomic E-state index is 5.65. The van der Waals surface area contributed by atoms with E-state index >= 15 is 0 Å². The van der Waals surface area contributed by atoms with Crippen LogP contribution in [-0.2, 0) is 17.8 Å². The van der Waals surface area contributed by atoms with E-state index in [0.29, 0.717) is 6.61 Å². The fraction of sp³-hybridized carbons (Fsp3) is 0.238. The van der Waals surface area contributed by atoms with E-state index in [0.717, 1.165) is 25.9 Å². The molecule has 0 spiro atoms. The minimum atomic E-state index is 0.676. The molecular formula is C21H24O. The van der Waals surface area contributed by atoms with Crippen LogP contribution in [0.2, 0.25) is 0 Å². The van der Waals surface area contributed by atoms with Crippen LogP contribution in [0.3, 0.4) is 0 Å². The molecule has 0 amide bonds. The maximum absolute atomic E-state index is 5.65. The van der Waals surface area contributed by atoms with Gasteiger partial charge in [0.2, 0.25) is 0 Å². The molecule has 0 unspecified atom stereocenters. The van der Waals surface area contributed by atoms with Crippen LogP contribution in [0.1, 0.15) is 24.0 Å². The summed E-state index contributed by atoms with van der Waals surface area (Å²) in [5, 5.41) is 0. The molecule has 0 N–H and O–H groups in total. The largest absolute Gasteiger partial charge is 0.377 e. The van der Waals surface area contributed by atoms with Gasteiger partial charge in [-0.3, -0.25) is 0 Å². The number of allylic oxidation sites excluding steroid dienone is 2. The van der Waals surface area contributed by atoms with E-state index in [1.54, 1.807) is 0 Å². The molecule has 0 heterocycles. The minimum absolute atomic E-state index is 0.676. The molecule has 0 radical (unpaired) electrons. The fourth-order valence-corrected chi connectivity index (χ4v) is 2.31. The first kappa shape index (κ1) is 16.3. The summed E-state index contributed by atoms with van der Waals surface area (Å²) in [5.41, 5.74) is 4.99. The van der Waals surface area contributed by atoms with Crippen LogP contribution < -0.4 is 0 Å². The Morgan fingerprint density at radius 3 is 1.91 bits per heavy atom. The fourth-order valence-electron chi connectivity index (χ4n) is 2.31. The summed E-state index contributed by atoms with van der Waals surface area (Å²) >= 11 is 0. The van der Waals surface area contributed by atoms with Gasteiger partial charge in [-0.2, -0.15) is 0 Å². The van der Waals surface area contributed by atoms with Gasteiger partial charge in [0.15, 0.2) is 0 Å². The SMILES string of the molecule is C=CCCCOCc1ccc(-c2ccc(CC=C)cc2)cc1. The Hall–Kier alpha value is -2.12. The van der Waals surface area contributed by atoms with E-state index in [4.69, 9.17) is 4.74 Å². The lowest BCUT2D eigenvalue weighted by atomic mass is 10.0. The van der Waals surface area contributed by atoms with E-state index in [-0.39, 0.29) is 0 Å². The monoisotopic (exact) mass is 292 g/mol. The average Bonchev–Trinajstić information content (AvgIpc) is 2.56. The van der Waals surface area contributed by atoms with Gasteiger partial charge < -0.3 is 4.74 Å². The van der Waals surface area contributed by atoms with Gasteiger partial charge >= 0.3 is 0 Å². The highest BCUT2D eigenvalue weighted by atomic mass is 16.5. The zero-order valence-corrected chi connectivity index (χ0v) is 13.1. The van der Waals surface area contributed by atoms with Crippen LogP contribution in [0.5, 0.6) is 0 Å². The first-order valence-corrected chi connectivity index (χ1v) is 7.81. The maximum Gasteiger partial charge on any atom is 0.0716 e. The number of benzene rings is 2. The first-order valence-electron chi connectivity index (χ1n) is 7.81. The summed E-state index contributed by atoms with van der Waals surface area (Å²) in [4.78, 5) is 0. The van der Waals surface area contributed by atoms with Crippen molar-refractivity contribution in [2.45, 2.75) is 25.9 Å². The quantitative estimate of drug-likeness (QED) is 0.434. The van der Waals surface area contributed by atoms with Crippen molar-refractivity contribution in [1.82, 2.24) is 0 Å². The zero-order chi connectivity index (χ0) is 15.6. The van der Waals surface area contributed by atoms with E-state index in [1.807, 2.05) is 12.2 Å². The molecule has 0 aromatic heterocycles. The Morgan fingerprint density at radius 2 is 1.36 bits per heavy atom. The Bertz CT molecular complexity index is 578. The normalized spacial score (nSPS) is 10.4. The molecule has 0 fully saturated rings. The first-order chi connectivity index (χ1) is 10.8. The molecular weight excluding hydrogens is 268 g/mol. The highest BCUT2D eigenvalue weighted by Gasteiger charge is 1.99. The predicted molar refractivity (Wildman–Crippen MR) is 94.9 cm³/mol. The predicted octanol–water partition coefficient (Wildman–Crippen LogP) is 5.56. The Labute approximate surface area is 134 Å². The van der Waals surface area contributed by atoms with Crippen molar-refractivity contribution in [1.29, 1.82) is 0 Å². The van der Waals surface area contributed by atoms with E-state index in [2.05, 4.69) is 61.7 Å². The summed E-state index contributed by atoms with van der Waals surface area (Å²) < 4.78 is 5.65. The average molecular weight is 292 g/mol. The summed E-state index contributed by atoms with van der Waals surface area (Å²) in [6.45, 7) is 8.95. The van der Waals surface area contributed by atoms with Crippen molar-refractivity contribution >= 4 is 0 Å². The number of hydrogen-bond donors (Lipinski definition) is 0. The Kier molecular flexibility index (Phi) is 6.66. The van der Waals surface area contributed by atoms with Gasteiger partial charge in [0.1, 0.15) is 0 Å². The van der Waals surface area contributed by atoms with Gasteiger partial charge in [-0.05, 0) is 41.5 Å². The summed E-state index contributed by atoms with van der Waals surface area (Å²) in [7, 11) is 0. The molecule has 22 heavy (non-hydrogen) atoms. The highest BCUT2D eigenvalue weighted by molar-refractivity contribution is 5.64. The smallest absolute Gasteiger partial charge is 0.0716 e. The third-order valence-corrected chi connectivity index (χ3v) is 3.59. The van der Waals surface area contributed by atoms with Crippen molar-refractivity contribution < 1.29 is 4.74 Å². The minimum Gasteiger partial charge on any atom is -0.377 e. The third kappa shape index (κ3) is 5.01. The molecule has 2 aromatic carbocycles. The molecule has 2 rings (SSSR count). The Morgan fingerprint density at radius 1 is 0.773 bits per heavy atom. The van der Waals surface area contributed by atoms with Crippen molar-refractivity contribution in [2.24, 2.45) is 0 Å². The molecule has 0 aliphatic heterocycles. The van der Waals surface area contributed by atoms with Crippen LogP contribution in [-0.4, -0.2) is 6.61 Å². The zero-order valence-electron chi connectivity index (χ0n) is 13.1. The van der Waals surface area contributed by atoms with Gasteiger partial charge in [-0.15, -0.1) is 13.2 Å². The second-order valence-corrected chi connectivity index (χ2v) is 5.37. The van der Waals surface area contributed by atoms with E-state index < -0.39 is 0 Å². The lowest BCUT2D eigenvalue weighted by Crippen LogP contribution is -1.95. The molecule has 114 valence electrons. The van der Waals surface area contributed by atoms with Gasteiger partial charge in [0.25, 0.3) is 0 Å². The van der Waals surface area contributed by atoms with Crippen LogP contribution in [0.25, 0.3) is 11.1 Å². The molecule has 0 aliphatic rings.